The Morgan fingerprint density at radius 2 is 1.89 bits per heavy atom. The maximum absolute atomic E-state index is 12.2. The molecule has 1 aromatic rings. The molecule has 0 bridgehead atoms. The number of carbonyl (C=O) groups excluding carboxylic acids is 1. The second kappa shape index (κ2) is 5.81. The minimum absolute atomic E-state index is 0.00676. The highest BCUT2D eigenvalue weighted by molar-refractivity contribution is 5.91. The molecule has 0 aliphatic carbocycles. The summed E-state index contributed by atoms with van der Waals surface area (Å²) in [6.45, 7) is 1.75. The lowest BCUT2D eigenvalue weighted by Gasteiger charge is -2.16. The standard InChI is InChI=1S/C12H14F3NO3/c1-4-18-11(17)8-5-9(16(2)3)7-10(6-8)19-12(13,14)15/h5-7H,4H2,1-3H3. The molecule has 0 aliphatic heterocycles. The zero-order chi connectivity index (χ0) is 14.6. The van der Waals surface area contributed by atoms with Crippen LogP contribution in [-0.2, 0) is 4.74 Å². The van der Waals surface area contributed by atoms with Gasteiger partial charge in [0.2, 0.25) is 0 Å². The molecule has 0 unspecified atom stereocenters. The molecule has 0 atom stereocenters. The molecule has 0 aromatic heterocycles. The molecule has 0 fully saturated rings. The molecule has 7 heteroatoms. The maximum Gasteiger partial charge on any atom is 0.573 e. The molecule has 0 heterocycles. The number of anilines is 1. The van der Waals surface area contributed by atoms with Crippen LogP contribution in [0.3, 0.4) is 0 Å². The van der Waals surface area contributed by atoms with Gasteiger partial charge in [-0.25, -0.2) is 4.79 Å². The van der Waals surface area contributed by atoms with Crippen molar-refractivity contribution in [2.24, 2.45) is 0 Å². The number of carbonyl (C=O) groups is 1. The van der Waals surface area contributed by atoms with Crippen LogP contribution in [0.15, 0.2) is 18.2 Å². The number of halogens is 3. The first-order chi connectivity index (χ1) is 8.73. The van der Waals surface area contributed by atoms with E-state index >= 15 is 0 Å². The van der Waals surface area contributed by atoms with E-state index < -0.39 is 18.1 Å². The molecule has 4 nitrogen and oxygen atoms in total. The molecule has 0 saturated carbocycles. The Bertz CT molecular complexity index is 458. The van der Waals surface area contributed by atoms with Gasteiger partial charge in [-0.1, -0.05) is 0 Å². The van der Waals surface area contributed by atoms with E-state index in [9.17, 15) is 18.0 Å². The molecule has 0 spiro atoms. The number of ether oxygens (including phenoxy) is 2. The normalized spacial score (nSPS) is 11.1. The highest BCUT2D eigenvalue weighted by Gasteiger charge is 2.31. The minimum atomic E-state index is -4.81. The predicted molar refractivity (Wildman–Crippen MR) is 63.4 cm³/mol. The number of hydrogen-bond donors (Lipinski definition) is 0. The topological polar surface area (TPSA) is 38.8 Å². The van der Waals surface area contributed by atoms with Gasteiger partial charge in [0.15, 0.2) is 0 Å². The van der Waals surface area contributed by atoms with Crippen LogP contribution in [0.1, 0.15) is 17.3 Å². The van der Waals surface area contributed by atoms with Crippen molar-refractivity contribution < 1.29 is 27.4 Å². The molecule has 0 amide bonds. The van der Waals surface area contributed by atoms with E-state index in [-0.39, 0.29) is 12.2 Å². The van der Waals surface area contributed by atoms with E-state index in [1.807, 2.05) is 0 Å². The van der Waals surface area contributed by atoms with Crippen LogP contribution in [0.25, 0.3) is 0 Å². The summed E-state index contributed by atoms with van der Waals surface area (Å²) in [5.74, 6) is -1.15. The second-order valence-electron chi connectivity index (χ2n) is 3.88. The SMILES string of the molecule is CCOC(=O)c1cc(OC(F)(F)F)cc(N(C)C)c1. The summed E-state index contributed by atoms with van der Waals surface area (Å²) in [5, 5.41) is 0. The van der Waals surface area contributed by atoms with Gasteiger partial charge in [0.25, 0.3) is 0 Å². The van der Waals surface area contributed by atoms with Crippen molar-refractivity contribution in [1.29, 1.82) is 0 Å². The molecule has 0 aliphatic rings. The molecule has 0 radical (unpaired) electrons. The van der Waals surface area contributed by atoms with Crippen molar-refractivity contribution in [2.45, 2.75) is 13.3 Å². The Labute approximate surface area is 108 Å². The lowest BCUT2D eigenvalue weighted by atomic mass is 10.2. The Morgan fingerprint density at radius 3 is 2.37 bits per heavy atom. The predicted octanol–water partition coefficient (Wildman–Crippen LogP) is 2.83. The van der Waals surface area contributed by atoms with Gasteiger partial charge in [0.1, 0.15) is 5.75 Å². The summed E-state index contributed by atoms with van der Waals surface area (Å²) >= 11 is 0. The third kappa shape index (κ3) is 4.69. The van der Waals surface area contributed by atoms with Crippen LogP contribution in [0.4, 0.5) is 18.9 Å². The molecular weight excluding hydrogens is 263 g/mol. The van der Waals surface area contributed by atoms with Crippen molar-refractivity contribution in [3.63, 3.8) is 0 Å². The van der Waals surface area contributed by atoms with E-state index in [4.69, 9.17) is 4.74 Å². The average Bonchev–Trinajstić information content (AvgIpc) is 2.26. The molecule has 1 aromatic carbocycles. The van der Waals surface area contributed by atoms with Gasteiger partial charge in [0, 0.05) is 25.8 Å². The summed E-state index contributed by atoms with van der Waals surface area (Å²) in [4.78, 5) is 13.1. The van der Waals surface area contributed by atoms with Crippen LogP contribution >= 0.6 is 0 Å². The van der Waals surface area contributed by atoms with Gasteiger partial charge in [-0.15, -0.1) is 13.2 Å². The third-order valence-corrected chi connectivity index (χ3v) is 2.15. The molecule has 0 N–H and O–H groups in total. The van der Waals surface area contributed by atoms with Crippen LogP contribution in [-0.4, -0.2) is 33.0 Å². The second-order valence-corrected chi connectivity index (χ2v) is 3.88. The third-order valence-electron chi connectivity index (χ3n) is 2.15. The lowest BCUT2D eigenvalue weighted by molar-refractivity contribution is -0.274. The number of benzene rings is 1. The number of nitrogens with zero attached hydrogens (tertiary/aromatic N) is 1. The fourth-order valence-corrected chi connectivity index (χ4v) is 1.37. The van der Waals surface area contributed by atoms with E-state index in [0.29, 0.717) is 5.69 Å². The van der Waals surface area contributed by atoms with E-state index in [2.05, 4.69) is 4.74 Å². The number of alkyl halides is 3. The van der Waals surface area contributed by atoms with Crippen molar-refractivity contribution >= 4 is 11.7 Å². The highest BCUT2D eigenvalue weighted by atomic mass is 19.4. The Kier molecular flexibility index (Phi) is 4.63. The van der Waals surface area contributed by atoms with Gasteiger partial charge >= 0.3 is 12.3 Å². The first-order valence-corrected chi connectivity index (χ1v) is 5.48. The fourth-order valence-electron chi connectivity index (χ4n) is 1.37. The van der Waals surface area contributed by atoms with Gasteiger partial charge in [-0.2, -0.15) is 0 Å². The first kappa shape index (κ1) is 15.1. The largest absolute Gasteiger partial charge is 0.573 e. The summed E-state index contributed by atoms with van der Waals surface area (Å²) in [5.41, 5.74) is 0.414. The van der Waals surface area contributed by atoms with Crippen LogP contribution < -0.4 is 9.64 Å². The van der Waals surface area contributed by atoms with Crippen molar-refractivity contribution in [3.8, 4) is 5.75 Å². The zero-order valence-electron chi connectivity index (χ0n) is 10.7. The molecule has 0 saturated heterocycles. The lowest BCUT2D eigenvalue weighted by Crippen LogP contribution is -2.18. The van der Waals surface area contributed by atoms with E-state index in [1.165, 1.54) is 12.1 Å². The van der Waals surface area contributed by atoms with E-state index in [0.717, 1.165) is 6.07 Å². The van der Waals surface area contributed by atoms with Crippen molar-refractivity contribution in [1.82, 2.24) is 0 Å². The van der Waals surface area contributed by atoms with Gasteiger partial charge in [-0.3, -0.25) is 0 Å². The number of rotatable bonds is 4. The van der Waals surface area contributed by atoms with Gasteiger partial charge < -0.3 is 14.4 Å². The Balaban J connectivity index is 3.14. The highest BCUT2D eigenvalue weighted by Crippen LogP contribution is 2.28. The summed E-state index contributed by atoms with van der Waals surface area (Å²) in [7, 11) is 3.28. The molecule has 1 rings (SSSR count). The smallest absolute Gasteiger partial charge is 0.462 e. The van der Waals surface area contributed by atoms with Crippen molar-refractivity contribution in [3.05, 3.63) is 23.8 Å². The number of hydrogen-bond acceptors (Lipinski definition) is 4. The zero-order valence-corrected chi connectivity index (χ0v) is 10.7. The van der Waals surface area contributed by atoms with E-state index in [1.54, 1.807) is 25.9 Å². The molecule has 106 valence electrons. The Morgan fingerprint density at radius 1 is 1.26 bits per heavy atom. The van der Waals surface area contributed by atoms with Crippen LogP contribution in [0, 0.1) is 0 Å². The molecule has 19 heavy (non-hydrogen) atoms. The van der Waals surface area contributed by atoms with Gasteiger partial charge in [0.05, 0.1) is 12.2 Å². The Hall–Kier alpha value is -1.92. The minimum Gasteiger partial charge on any atom is -0.462 e. The first-order valence-electron chi connectivity index (χ1n) is 5.48. The summed E-state index contributed by atoms with van der Waals surface area (Å²) in [6, 6.07) is 3.62. The molecular formula is C12H14F3NO3. The quantitative estimate of drug-likeness (QED) is 0.793. The maximum atomic E-state index is 12.2. The fraction of sp³-hybridized carbons (Fsp3) is 0.417. The summed E-state index contributed by atoms with van der Waals surface area (Å²) in [6.07, 6.45) is -4.81. The number of esters is 1. The average molecular weight is 277 g/mol. The van der Waals surface area contributed by atoms with Crippen molar-refractivity contribution in [2.75, 3.05) is 25.6 Å². The van der Waals surface area contributed by atoms with Crippen LogP contribution in [0.5, 0.6) is 5.75 Å². The monoisotopic (exact) mass is 277 g/mol. The van der Waals surface area contributed by atoms with Gasteiger partial charge in [-0.05, 0) is 19.1 Å². The van der Waals surface area contributed by atoms with Crippen LogP contribution in [0.2, 0.25) is 0 Å². The summed E-state index contributed by atoms with van der Waals surface area (Å²) < 4.78 is 45.2.